The molecule has 0 saturated carbocycles. The molecule has 1 aliphatic heterocycles. The molecule has 1 aromatic carbocycles. The maximum absolute atomic E-state index is 12.0. The number of nitrogens with one attached hydrogen (secondary N) is 1. The van der Waals surface area contributed by atoms with Gasteiger partial charge in [-0.2, -0.15) is 0 Å². The van der Waals surface area contributed by atoms with Crippen molar-refractivity contribution >= 4 is 31.3 Å². The molecule has 19 heavy (non-hydrogen) atoms. The zero-order valence-electron chi connectivity index (χ0n) is 10.3. The molecule has 0 bridgehead atoms. The molecular formula is C12H14ClNO4S. The van der Waals surface area contributed by atoms with E-state index in [1.54, 1.807) is 6.92 Å². The summed E-state index contributed by atoms with van der Waals surface area (Å²) in [5, 5.41) is 2.70. The highest BCUT2D eigenvalue weighted by Gasteiger charge is 2.37. The van der Waals surface area contributed by atoms with Crippen LogP contribution >= 0.6 is 10.7 Å². The lowest BCUT2D eigenvalue weighted by molar-refractivity contribution is -0.133. The standard InChI is InChI=1S/C12H14ClNO4S/c1-12(7-2-8-18-12)11(15)14-9-3-5-10(6-4-9)19(13,16)17/h3-6H,2,7-8H2,1H3,(H,14,15). The number of halogens is 1. The molecule has 0 spiro atoms. The van der Waals surface area contributed by atoms with Gasteiger partial charge in [-0.1, -0.05) is 0 Å². The Morgan fingerprint density at radius 2 is 2.00 bits per heavy atom. The molecule has 1 amide bonds. The molecule has 104 valence electrons. The van der Waals surface area contributed by atoms with Crippen LogP contribution in [-0.4, -0.2) is 26.5 Å². The van der Waals surface area contributed by atoms with Crippen molar-refractivity contribution in [3.05, 3.63) is 24.3 Å². The average Bonchev–Trinajstić information content (AvgIpc) is 2.77. The smallest absolute Gasteiger partial charge is 0.261 e. The first-order chi connectivity index (χ1) is 8.81. The largest absolute Gasteiger partial charge is 0.365 e. The van der Waals surface area contributed by atoms with E-state index >= 15 is 0 Å². The molecular weight excluding hydrogens is 290 g/mol. The molecule has 1 heterocycles. The first-order valence-corrected chi connectivity index (χ1v) is 8.12. The van der Waals surface area contributed by atoms with Gasteiger partial charge in [0.1, 0.15) is 5.60 Å². The zero-order valence-corrected chi connectivity index (χ0v) is 11.9. The van der Waals surface area contributed by atoms with Crippen LogP contribution in [0, 0.1) is 0 Å². The number of carbonyl (C=O) groups excluding carboxylic acids is 1. The summed E-state index contributed by atoms with van der Waals surface area (Å²) in [5.41, 5.74) is -0.303. The van der Waals surface area contributed by atoms with Gasteiger partial charge in [-0.25, -0.2) is 8.42 Å². The summed E-state index contributed by atoms with van der Waals surface area (Å²) in [4.78, 5) is 12.0. The summed E-state index contributed by atoms with van der Waals surface area (Å²) in [7, 11) is 1.47. The zero-order chi connectivity index (χ0) is 14.1. The van der Waals surface area contributed by atoms with Gasteiger partial charge in [0, 0.05) is 23.0 Å². The van der Waals surface area contributed by atoms with E-state index < -0.39 is 14.7 Å². The third-order valence-electron chi connectivity index (χ3n) is 3.09. The SMILES string of the molecule is CC1(C(=O)Nc2ccc(S(=O)(=O)Cl)cc2)CCCO1. The fourth-order valence-electron chi connectivity index (χ4n) is 1.92. The Balaban J connectivity index is 2.10. The Kier molecular flexibility index (Phi) is 3.85. The summed E-state index contributed by atoms with van der Waals surface area (Å²) in [6.07, 6.45) is 1.53. The minimum atomic E-state index is -3.74. The first-order valence-electron chi connectivity index (χ1n) is 5.81. The van der Waals surface area contributed by atoms with Crippen LogP contribution in [0.2, 0.25) is 0 Å². The van der Waals surface area contributed by atoms with Crippen molar-refractivity contribution in [2.45, 2.75) is 30.3 Å². The second kappa shape index (κ2) is 5.11. The van der Waals surface area contributed by atoms with E-state index in [4.69, 9.17) is 15.4 Å². The molecule has 1 atom stereocenters. The van der Waals surface area contributed by atoms with Gasteiger partial charge in [0.05, 0.1) is 4.90 Å². The van der Waals surface area contributed by atoms with E-state index in [0.717, 1.165) is 6.42 Å². The van der Waals surface area contributed by atoms with Crippen LogP contribution in [0.3, 0.4) is 0 Å². The number of amides is 1. The minimum Gasteiger partial charge on any atom is -0.365 e. The summed E-state index contributed by atoms with van der Waals surface area (Å²) < 4.78 is 27.6. The Bertz CT molecular complexity index is 576. The van der Waals surface area contributed by atoms with Gasteiger partial charge in [0.2, 0.25) is 0 Å². The van der Waals surface area contributed by atoms with Crippen molar-refractivity contribution in [1.29, 1.82) is 0 Å². The lowest BCUT2D eigenvalue weighted by Gasteiger charge is -2.21. The van der Waals surface area contributed by atoms with E-state index in [2.05, 4.69) is 5.32 Å². The van der Waals surface area contributed by atoms with Crippen LogP contribution in [0.25, 0.3) is 0 Å². The highest BCUT2D eigenvalue weighted by molar-refractivity contribution is 8.13. The van der Waals surface area contributed by atoms with Crippen LogP contribution < -0.4 is 5.32 Å². The van der Waals surface area contributed by atoms with Gasteiger partial charge in [0.25, 0.3) is 15.0 Å². The lowest BCUT2D eigenvalue weighted by atomic mass is 10.0. The Labute approximate surface area is 116 Å². The third-order valence-corrected chi connectivity index (χ3v) is 4.46. The van der Waals surface area contributed by atoms with Crippen molar-refractivity contribution in [2.24, 2.45) is 0 Å². The van der Waals surface area contributed by atoms with Gasteiger partial charge in [-0.3, -0.25) is 4.79 Å². The van der Waals surface area contributed by atoms with Crippen molar-refractivity contribution in [1.82, 2.24) is 0 Å². The van der Waals surface area contributed by atoms with Crippen LogP contribution in [0.15, 0.2) is 29.2 Å². The average molecular weight is 304 g/mol. The topological polar surface area (TPSA) is 72.5 Å². The highest BCUT2D eigenvalue weighted by Crippen LogP contribution is 2.27. The number of hydrogen-bond donors (Lipinski definition) is 1. The summed E-state index contributed by atoms with van der Waals surface area (Å²) in [5.74, 6) is -0.230. The molecule has 1 aliphatic rings. The van der Waals surface area contributed by atoms with Crippen molar-refractivity contribution in [3.63, 3.8) is 0 Å². The number of carbonyl (C=O) groups is 1. The lowest BCUT2D eigenvalue weighted by Crippen LogP contribution is -2.39. The second-order valence-electron chi connectivity index (χ2n) is 4.60. The predicted octanol–water partition coefficient (Wildman–Crippen LogP) is 2.12. The number of hydrogen-bond acceptors (Lipinski definition) is 4. The van der Waals surface area contributed by atoms with Crippen LogP contribution in [0.5, 0.6) is 0 Å². The molecule has 1 fully saturated rings. The predicted molar refractivity (Wildman–Crippen MR) is 71.7 cm³/mol. The van der Waals surface area contributed by atoms with Gasteiger partial charge < -0.3 is 10.1 Å². The van der Waals surface area contributed by atoms with E-state index in [1.165, 1.54) is 24.3 Å². The fraction of sp³-hybridized carbons (Fsp3) is 0.417. The number of rotatable bonds is 3. The number of anilines is 1. The van der Waals surface area contributed by atoms with Gasteiger partial charge in [-0.05, 0) is 44.0 Å². The maximum Gasteiger partial charge on any atom is 0.261 e. The summed E-state index contributed by atoms with van der Waals surface area (Å²) in [6.45, 7) is 2.32. The third kappa shape index (κ3) is 3.26. The first kappa shape index (κ1) is 14.3. The minimum absolute atomic E-state index is 0.00417. The van der Waals surface area contributed by atoms with E-state index in [-0.39, 0.29) is 10.8 Å². The second-order valence-corrected chi connectivity index (χ2v) is 7.17. The number of benzene rings is 1. The van der Waals surface area contributed by atoms with Gasteiger partial charge >= 0.3 is 0 Å². The summed E-state index contributed by atoms with van der Waals surface area (Å²) >= 11 is 0. The van der Waals surface area contributed by atoms with Crippen molar-refractivity contribution in [2.75, 3.05) is 11.9 Å². The number of ether oxygens (including phenoxy) is 1. The fourth-order valence-corrected chi connectivity index (χ4v) is 2.69. The Morgan fingerprint density at radius 3 is 2.47 bits per heavy atom. The van der Waals surface area contributed by atoms with E-state index in [9.17, 15) is 13.2 Å². The van der Waals surface area contributed by atoms with Crippen LogP contribution in [0.1, 0.15) is 19.8 Å². The van der Waals surface area contributed by atoms with Crippen LogP contribution in [0.4, 0.5) is 5.69 Å². The molecule has 5 nitrogen and oxygen atoms in total. The molecule has 2 rings (SSSR count). The molecule has 1 aromatic rings. The van der Waals surface area contributed by atoms with Gasteiger partial charge in [0.15, 0.2) is 0 Å². The Morgan fingerprint density at radius 1 is 1.37 bits per heavy atom. The molecule has 1 unspecified atom stereocenters. The highest BCUT2D eigenvalue weighted by atomic mass is 35.7. The monoisotopic (exact) mass is 303 g/mol. The molecule has 7 heteroatoms. The van der Waals surface area contributed by atoms with Crippen molar-refractivity contribution < 1.29 is 17.9 Å². The van der Waals surface area contributed by atoms with E-state index in [0.29, 0.717) is 18.7 Å². The Hall–Kier alpha value is -1.11. The summed E-state index contributed by atoms with van der Waals surface area (Å²) in [6, 6.07) is 5.67. The molecule has 0 radical (unpaired) electrons. The van der Waals surface area contributed by atoms with Gasteiger partial charge in [-0.15, -0.1) is 0 Å². The van der Waals surface area contributed by atoms with Crippen molar-refractivity contribution in [3.8, 4) is 0 Å². The molecule has 0 aromatic heterocycles. The molecule has 1 N–H and O–H groups in total. The van der Waals surface area contributed by atoms with Crippen LogP contribution in [-0.2, 0) is 18.6 Å². The van der Waals surface area contributed by atoms with E-state index in [1.807, 2.05) is 0 Å². The maximum atomic E-state index is 12.0. The molecule has 0 aliphatic carbocycles. The molecule has 1 saturated heterocycles. The quantitative estimate of drug-likeness (QED) is 0.868. The normalized spacial score (nSPS) is 23.3.